The molecule has 0 unspecified atom stereocenters. The second kappa shape index (κ2) is 6.82. The maximum Gasteiger partial charge on any atom is 0.227 e. The first-order valence-corrected chi connectivity index (χ1v) is 9.12. The smallest absolute Gasteiger partial charge is 0.227 e. The molecule has 0 radical (unpaired) electrons. The van der Waals surface area contributed by atoms with Crippen LogP contribution >= 0.6 is 0 Å². The molecule has 2 aliphatic rings. The van der Waals surface area contributed by atoms with Gasteiger partial charge in [0.05, 0.1) is 11.9 Å². The molecule has 0 spiro atoms. The summed E-state index contributed by atoms with van der Waals surface area (Å²) in [6, 6.07) is 8.27. The van der Waals surface area contributed by atoms with Crippen LogP contribution in [0.3, 0.4) is 0 Å². The number of piperidine rings is 1. The molecule has 5 heteroatoms. The van der Waals surface area contributed by atoms with Crippen molar-refractivity contribution in [2.45, 2.75) is 32.6 Å². The lowest BCUT2D eigenvalue weighted by molar-refractivity contribution is -0.119. The second-order valence-corrected chi connectivity index (χ2v) is 7.08. The van der Waals surface area contributed by atoms with E-state index >= 15 is 0 Å². The summed E-state index contributed by atoms with van der Waals surface area (Å²) in [6.45, 7) is 4.70. The summed E-state index contributed by atoms with van der Waals surface area (Å²) in [6.07, 6.45) is 7.32. The molecular weight excluding hydrogens is 312 g/mol. The third-order valence-corrected chi connectivity index (χ3v) is 5.33. The van der Waals surface area contributed by atoms with Crippen molar-refractivity contribution < 1.29 is 4.79 Å². The van der Waals surface area contributed by atoms with E-state index in [0.717, 1.165) is 56.1 Å². The summed E-state index contributed by atoms with van der Waals surface area (Å²) >= 11 is 0. The van der Waals surface area contributed by atoms with Crippen LogP contribution in [0.2, 0.25) is 0 Å². The molecule has 0 aliphatic carbocycles. The molecule has 130 valence electrons. The number of benzene rings is 1. The van der Waals surface area contributed by atoms with E-state index in [1.807, 2.05) is 24.1 Å². The lowest BCUT2D eigenvalue weighted by Gasteiger charge is -2.33. The van der Waals surface area contributed by atoms with Crippen LogP contribution in [0.1, 0.15) is 30.5 Å². The number of rotatable bonds is 3. The van der Waals surface area contributed by atoms with Crippen LogP contribution in [-0.2, 0) is 11.2 Å². The summed E-state index contributed by atoms with van der Waals surface area (Å²) in [5.41, 5.74) is 3.35. The Morgan fingerprint density at radius 2 is 1.96 bits per heavy atom. The molecule has 0 saturated carbocycles. The van der Waals surface area contributed by atoms with E-state index in [9.17, 15) is 4.79 Å². The van der Waals surface area contributed by atoms with E-state index in [0.29, 0.717) is 12.3 Å². The van der Waals surface area contributed by atoms with Crippen LogP contribution in [0.25, 0.3) is 0 Å². The fraction of sp³-hybridized carbons (Fsp3) is 0.450. The third-order valence-electron chi connectivity index (χ3n) is 5.33. The first-order valence-electron chi connectivity index (χ1n) is 9.12. The first kappa shape index (κ1) is 16.1. The number of anilines is 2. The normalized spacial score (nSPS) is 17.6. The molecule has 0 bridgehead atoms. The lowest BCUT2D eigenvalue weighted by atomic mass is 9.93. The summed E-state index contributed by atoms with van der Waals surface area (Å²) in [5, 5.41) is 0. The number of aryl methyl sites for hydroxylation is 1. The SMILES string of the molecule is Cc1cncc(N2CCC(CC(=O)N3CCc4ccccc43)CC2)n1. The van der Waals surface area contributed by atoms with Gasteiger partial charge in [0, 0.05) is 37.9 Å². The van der Waals surface area contributed by atoms with Gasteiger partial charge in [-0.25, -0.2) is 4.98 Å². The fourth-order valence-electron chi connectivity index (χ4n) is 3.92. The van der Waals surface area contributed by atoms with Crippen molar-refractivity contribution in [3.8, 4) is 0 Å². The van der Waals surface area contributed by atoms with Gasteiger partial charge < -0.3 is 9.80 Å². The number of aromatic nitrogens is 2. The van der Waals surface area contributed by atoms with Gasteiger partial charge in [-0.15, -0.1) is 0 Å². The van der Waals surface area contributed by atoms with Crippen LogP contribution in [-0.4, -0.2) is 35.5 Å². The van der Waals surface area contributed by atoms with Gasteiger partial charge in [0.15, 0.2) is 0 Å². The Morgan fingerprint density at radius 1 is 1.16 bits per heavy atom. The minimum atomic E-state index is 0.277. The van der Waals surface area contributed by atoms with Gasteiger partial charge in [0.2, 0.25) is 5.91 Å². The van der Waals surface area contributed by atoms with Gasteiger partial charge in [0.25, 0.3) is 0 Å². The van der Waals surface area contributed by atoms with Crippen molar-refractivity contribution in [2.75, 3.05) is 29.4 Å². The number of hydrogen-bond donors (Lipinski definition) is 0. The number of fused-ring (bicyclic) bond motifs is 1. The highest BCUT2D eigenvalue weighted by atomic mass is 16.2. The van der Waals surface area contributed by atoms with Crippen LogP contribution in [0.15, 0.2) is 36.7 Å². The average molecular weight is 336 g/mol. The van der Waals surface area contributed by atoms with Gasteiger partial charge in [0.1, 0.15) is 5.82 Å². The van der Waals surface area contributed by atoms with Gasteiger partial charge in [-0.2, -0.15) is 0 Å². The van der Waals surface area contributed by atoms with Crippen LogP contribution in [0, 0.1) is 12.8 Å². The maximum absolute atomic E-state index is 12.8. The zero-order valence-corrected chi connectivity index (χ0v) is 14.7. The van der Waals surface area contributed by atoms with Crippen molar-refractivity contribution in [1.82, 2.24) is 9.97 Å². The van der Waals surface area contributed by atoms with Crippen LogP contribution in [0.4, 0.5) is 11.5 Å². The van der Waals surface area contributed by atoms with Crippen molar-refractivity contribution in [3.05, 3.63) is 47.9 Å². The predicted octanol–water partition coefficient (Wildman–Crippen LogP) is 2.98. The van der Waals surface area contributed by atoms with Crippen molar-refractivity contribution in [1.29, 1.82) is 0 Å². The molecule has 25 heavy (non-hydrogen) atoms. The molecule has 0 N–H and O–H groups in total. The van der Waals surface area contributed by atoms with E-state index in [2.05, 4.69) is 33.1 Å². The molecule has 1 amide bonds. The molecule has 3 heterocycles. The molecule has 1 saturated heterocycles. The van der Waals surface area contributed by atoms with E-state index in [1.54, 1.807) is 6.20 Å². The molecule has 2 aliphatic heterocycles. The largest absolute Gasteiger partial charge is 0.355 e. The fourth-order valence-corrected chi connectivity index (χ4v) is 3.92. The Labute approximate surface area is 148 Å². The summed E-state index contributed by atoms with van der Waals surface area (Å²) in [7, 11) is 0. The van der Waals surface area contributed by atoms with E-state index in [1.165, 1.54) is 5.56 Å². The Bertz CT molecular complexity index is 768. The van der Waals surface area contributed by atoms with E-state index < -0.39 is 0 Å². The minimum absolute atomic E-state index is 0.277. The summed E-state index contributed by atoms with van der Waals surface area (Å²) in [4.78, 5) is 25.8. The Kier molecular flexibility index (Phi) is 4.38. The van der Waals surface area contributed by atoms with Crippen molar-refractivity contribution >= 4 is 17.4 Å². The molecule has 1 aromatic heterocycles. The topological polar surface area (TPSA) is 49.3 Å². The lowest BCUT2D eigenvalue weighted by Crippen LogP contribution is -2.37. The third kappa shape index (κ3) is 3.36. The number of hydrogen-bond acceptors (Lipinski definition) is 4. The molecular formula is C20H24N4O. The highest BCUT2D eigenvalue weighted by molar-refractivity contribution is 5.95. The second-order valence-electron chi connectivity index (χ2n) is 7.08. The van der Waals surface area contributed by atoms with E-state index in [-0.39, 0.29) is 5.91 Å². The molecule has 0 atom stereocenters. The Balaban J connectivity index is 1.34. The van der Waals surface area contributed by atoms with Crippen LogP contribution in [0.5, 0.6) is 0 Å². The monoisotopic (exact) mass is 336 g/mol. The number of para-hydroxylation sites is 1. The molecule has 4 rings (SSSR count). The van der Waals surface area contributed by atoms with Gasteiger partial charge in [-0.05, 0) is 43.7 Å². The Morgan fingerprint density at radius 3 is 2.76 bits per heavy atom. The molecule has 2 aromatic rings. The van der Waals surface area contributed by atoms with Crippen LogP contribution < -0.4 is 9.80 Å². The van der Waals surface area contributed by atoms with Gasteiger partial charge in [-0.3, -0.25) is 9.78 Å². The predicted molar refractivity (Wildman–Crippen MR) is 98.8 cm³/mol. The minimum Gasteiger partial charge on any atom is -0.355 e. The zero-order chi connectivity index (χ0) is 17.2. The highest BCUT2D eigenvalue weighted by Crippen LogP contribution is 2.30. The quantitative estimate of drug-likeness (QED) is 0.865. The zero-order valence-electron chi connectivity index (χ0n) is 14.7. The number of nitrogens with zero attached hydrogens (tertiary/aromatic N) is 4. The van der Waals surface area contributed by atoms with Crippen molar-refractivity contribution in [3.63, 3.8) is 0 Å². The van der Waals surface area contributed by atoms with Crippen molar-refractivity contribution in [2.24, 2.45) is 5.92 Å². The maximum atomic E-state index is 12.8. The Hall–Kier alpha value is -2.43. The van der Waals surface area contributed by atoms with E-state index in [4.69, 9.17) is 0 Å². The highest BCUT2D eigenvalue weighted by Gasteiger charge is 2.28. The average Bonchev–Trinajstić information content (AvgIpc) is 3.06. The summed E-state index contributed by atoms with van der Waals surface area (Å²) in [5.74, 6) is 1.70. The standard InChI is InChI=1S/C20H24N4O/c1-15-13-21-14-19(22-15)23-9-6-16(7-10-23)12-20(25)24-11-8-17-4-2-3-5-18(17)24/h2-5,13-14,16H,6-12H2,1H3. The van der Waals surface area contributed by atoms with Gasteiger partial charge in [-0.1, -0.05) is 18.2 Å². The molecule has 1 fully saturated rings. The molecule has 5 nitrogen and oxygen atoms in total. The van der Waals surface area contributed by atoms with Gasteiger partial charge >= 0.3 is 0 Å². The number of carbonyl (C=O) groups is 1. The molecule has 1 aromatic carbocycles. The first-order chi connectivity index (χ1) is 12.2. The number of carbonyl (C=O) groups excluding carboxylic acids is 1. The number of amides is 1. The summed E-state index contributed by atoms with van der Waals surface area (Å²) < 4.78 is 0.